The van der Waals surface area contributed by atoms with Crippen molar-refractivity contribution >= 4 is 34.3 Å². The van der Waals surface area contributed by atoms with Gasteiger partial charge in [0, 0.05) is 17.1 Å². The summed E-state index contributed by atoms with van der Waals surface area (Å²) >= 11 is 6.27. The van der Waals surface area contributed by atoms with Crippen LogP contribution in [0.4, 0.5) is 24.8 Å². The highest BCUT2D eigenvalue weighted by Crippen LogP contribution is 2.39. The number of halogens is 4. The number of hydrogen-bond donors (Lipinski definition) is 2. The van der Waals surface area contributed by atoms with Crippen LogP contribution in [0.1, 0.15) is 42.0 Å². The summed E-state index contributed by atoms with van der Waals surface area (Å²) in [5, 5.41) is 13.5. The number of imidazole rings is 1. The second kappa shape index (κ2) is 10.0. The van der Waals surface area contributed by atoms with Crippen molar-refractivity contribution in [2.75, 3.05) is 5.32 Å². The Morgan fingerprint density at radius 1 is 1.14 bits per heavy atom. The van der Waals surface area contributed by atoms with Gasteiger partial charge in [0.25, 0.3) is 0 Å². The molecular weight excluding hydrogens is 503 g/mol. The molecule has 1 atom stereocenters. The molecule has 1 aliphatic carbocycles. The minimum atomic E-state index is -4.75. The molecule has 0 radical (unpaired) electrons. The van der Waals surface area contributed by atoms with E-state index in [2.05, 4.69) is 27.3 Å². The zero-order chi connectivity index (χ0) is 26.2. The zero-order valence-electron chi connectivity index (χ0n) is 19.9. The molecule has 0 bridgehead atoms. The highest BCUT2D eigenvalue weighted by molar-refractivity contribution is 6.30. The number of fused-ring (bicyclic) bond motifs is 2. The predicted molar refractivity (Wildman–Crippen MR) is 139 cm³/mol. The molecule has 3 aromatic carbocycles. The van der Waals surface area contributed by atoms with E-state index in [9.17, 15) is 18.3 Å². The third-order valence-corrected chi connectivity index (χ3v) is 6.73. The SMILES string of the molecule is C=C(O)CCc1ccc2c(c1)nc(Nc1ccc(OC(F)(F)F)cc1)n2C1CCCc2cc(Cl)ccc21. The highest BCUT2D eigenvalue weighted by Gasteiger charge is 2.31. The van der Waals surface area contributed by atoms with Crippen LogP contribution < -0.4 is 10.1 Å². The second-order valence-electron chi connectivity index (χ2n) is 9.14. The molecule has 0 spiro atoms. The molecule has 0 saturated heterocycles. The smallest absolute Gasteiger partial charge is 0.513 e. The Hall–Kier alpha value is -3.65. The molecule has 37 heavy (non-hydrogen) atoms. The Kier molecular flexibility index (Phi) is 6.77. The van der Waals surface area contributed by atoms with E-state index in [1.807, 2.05) is 30.3 Å². The van der Waals surface area contributed by atoms with Crippen LogP contribution in [0.5, 0.6) is 5.75 Å². The summed E-state index contributed by atoms with van der Waals surface area (Å²) in [6, 6.07) is 17.6. The lowest BCUT2D eigenvalue weighted by Gasteiger charge is -2.29. The predicted octanol–water partition coefficient (Wildman–Crippen LogP) is 8.26. The van der Waals surface area contributed by atoms with E-state index in [1.54, 1.807) is 0 Å². The van der Waals surface area contributed by atoms with Gasteiger partial charge in [-0.3, -0.25) is 0 Å². The summed E-state index contributed by atoms with van der Waals surface area (Å²) in [5.41, 5.74) is 5.68. The first-order chi connectivity index (χ1) is 17.7. The van der Waals surface area contributed by atoms with Gasteiger partial charge in [-0.25, -0.2) is 4.98 Å². The van der Waals surface area contributed by atoms with Crippen LogP contribution in [-0.4, -0.2) is 21.0 Å². The monoisotopic (exact) mass is 527 g/mol. The molecule has 9 heteroatoms. The van der Waals surface area contributed by atoms with E-state index in [1.165, 1.54) is 35.4 Å². The molecule has 5 rings (SSSR count). The number of aliphatic hydroxyl groups excluding tert-OH is 1. The molecular formula is C28H25ClF3N3O2. The Bertz CT molecular complexity index is 1450. The number of anilines is 2. The van der Waals surface area contributed by atoms with Gasteiger partial charge in [-0.1, -0.05) is 30.3 Å². The number of aryl methyl sites for hydroxylation is 2. The number of nitrogens with zero attached hydrogens (tertiary/aromatic N) is 2. The fourth-order valence-corrected chi connectivity index (χ4v) is 5.08. The summed E-state index contributed by atoms with van der Waals surface area (Å²) < 4.78 is 43.8. The van der Waals surface area contributed by atoms with Crippen molar-refractivity contribution in [2.45, 2.75) is 44.5 Å². The molecule has 5 nitrogen and oxygen atoms in total. The minimum Gasteiger partial charge on any atom is -0.513 e. The van der Waals surface area contributed by atoms with Crippen LogP contribution in [0, 0.1) is 0 Å². The zero-order valence-corrected chi connectivity index (χ0v) is 20.6. The van der Waals surface area contributed by atoms with Crippen LogP contribution in [0.25, 0.3) is 11.0 Å². The number of aromatic nitrogens is 2. The number of nitrogens with one attached hydrogen (secondary N) is 1. The van der Waals surface area contributed by atoms with Crippen molar-refractivity contribution in [1.82, 2.24) is 9.55 Å². The topological polar surface area (TPSA) is 59.3 Å². The molecule has 2 N–H and O–H groups in total. The second-order valence-corrected chi connectivity index (χ2v) is 9.58. The summed E-state index contributed by atoms with van der Waals surface area (Å²) in [5.74, 6) is 0.416. The molecule has 0 fully saturated rings. The van der Waals surface area contributed by atoms with E-state index in [0.717, 1.165) is 35.9 Å². The third-order valence-electron chi connectivity index (χ3n) is 6.50. The lowest BCUT2D eigenvalue weighted by molar-refractivity contribution is -0.274. The first kappa shape index (κ1) is 25.0. The van der Waals surface area contributed by atoms with Gasteiger partial charge < -0.3 is 19.7 Å². The summed E-state index contributed by atoms with van der Waals surface area (Å²) in [4.78, 5) is 4.87. The van der Waals surface area contributed by atoms with Gasteiger partial charge in [0.15, 0.2) is 0 Å². The molecule has 1 aliphatic rings. The van der Waals surface area contributed by atoms with Gasteiger partial charge in [-0.2, -0.15) is 0 Å². The standard InChI is InChI=1S/C28H25ClF3N3O2/c1-17(36)5-6-18-7-14-26-24(15-18)34-27(33-21-9-11-22(12-10-21)37-28(30,31)32)35(26)25-4-2-3-19-16-20(29)8-13-23(19)25/h7-16,25,36H,1-6H2,(H,33,34). The Morgan fingerprint density at radius 3 is 2.65 bits per heavy atom. The molecule has 192 valence electrons. The van der Waals surface area contributed by atoms with E-state index >= 15 is 0 Å². The fraction of sp³-hybridized carbons (Fsp3) is 0.250. The first-order valence-electron chi connectivity index (χ1n) is 11.9. The van der Waals surface area contributed by atoms with E-state index < -0.39 is 6.36 Å². The van der Waals surface area contributed by atoms with E-state index in [4.69, 9.17) is 16.6 Å². The molecule has 4 aromatic rings. The van der Waals surface area contributed by atoms with Crippen molar-refractivity contribution in [3.63, 3.8) is 0 Å². The van der Waals surface area contributed by atoms with Crippen molar-refractivity contribution in [3.05, 3.63) is 94.7 Å². The number of hydrogen-bond acceptors (Lipinski definition) is 4. The van der Waals surface area contributed by atoms with Crippen LogP contribution in [0.2, 0.25) is 5.02 Å². The number of alkyl halides is 3. The van der Waals surface area contributed by atoms with Gasteiger partial charge >= 0.3 is 6.36 Å². The Morgan fingerprint density at radius 2 is 1.92 bits per heavy atom. The minimum absolute atomic E-state index is 0.00409. The molecule has 0 aliphatic heterocycles. The quantitative estimate of drug-likeness (QED) is 0.237. The van der Waals surface area contributed by atoms with Gasteiger partial charge in [-0.05, 0) is 90.9 Å². The number of ether oxygens (including phenoxy) is 1. The molecule has 1 aromatic heterocycles. The third kappa shape index (κ3) is 5.69. The number of rotatable bonds is 7. The molecule has 1 unspecified atom stereocenters. The van der Waals surface area contributed by atoms with Crippen molar-refractivity contribution in [2.24, 2.45) is 0 Å². The Labute approximate surface area is 217 Å². The van der Waals surface area contributed by atoms with Crippen LogP contribution in [0.3, 0.4) is 0 Å². The van der Waals surface area contributed by atoms with Crippen molar-refractivity contribution < 1.29 is 23.0 Å². The molecule has 0 saturated carbocycles. The van der Waals surface area contributed by atoms with Crippen LogP contribution >= 0.6 is 11.6 Å². The normalized spacial score (nSPS) is 15.4. The fourth-order valence-electron chi connectivity index (χ4n) is 4.89. The van der Waals surface area contributed by atoms with Gasteiger partial charge in [0.2, 0.25) is 5.95 Å². The Balaban J connectivity index is 1.55. The van der Waals surface area contributed by atoms with Gasteiger partial charge in [-0.15, -0.1) is 13.2 Å². The summed E-state index contributed by atoms with van der Waals surface area (Å²) in [6.07, 6.45) is -0.832. The summed E-state index contributed by atoms with van der Waals surface area (Å²) in [7, 11) is 0. The van der Waals surface area contributed by atoms with Gasteiger partial charge in [0.1, 0.15) is 5.75 Å². The number of allylic oxidation sites excluding steroid dienone is 1. The van der Waals surface area contributed by atoms with Gasteiger partial charge in [0.05, 0.1) is 22.8 Å². The van der Waals surface area contributed by atoms with Crippen molar-refractivity contribution in [1.29, 1.82) is 0 Å². The molecule has 0 amide bonds. The lowest BCUT2D eigenvalue weighted by atomic mass is 9.87. The van der Waals surface area contributed by atoms with Crippen molar-refractivity contribution in [3.8, 4) is 5.75 Å². The van der Waals surface area contributed by atoms with Crippen LogP contribution in [-0.2, 0) is 12.8 Å². The van der Waals surface area contributed by atoms with E-state index in [-0.39, 0.29) is 17.6 Å². The maximum Gasteiger partial charge on any atom is 0.573 e. The van der Waals surface area contributed by atoms with E-state index in [0.29, 0.717) is 29.5 Å². The highest BCUT2D eigenvalue weighted by atomic mass is 35.5. The largest absolute Gasteiger partial charge is 0.573 e. The number of aliphatic hydroxyl groups is 1. The average molecular weight is 528 g/mol. The maximum absolute atomic E-state index is 12.6. The first-order valence-corrected chi connectivity index (χ1v) is 12.3. The maximum atomic E-state index is 12.6. The lowest BCUT2D eigenvalue weighted by Crippen LogP contribution is -2.19. The average Bonchev–Trinajstić information content (AvgIpc) is 3.19. The number of benzene rings is 3. The molecule has 1 heterocycles. The summed E-state index contributed by atoms with van der Waals surface area (Å²) in [6.45, 7) is 3.56. The van der Waals surface area contributed by atoms with Crippen LogP contribution in [0.15, 0.2) is 73.0 Å².